The number of carbonyl (C=O) groups is 5. The van der Waals surface area contributed by atoms with Crippen molar-refractivity contribution >= 4 is 29.7 Å². The second-order valence-electron chi connectivity index (χ2n) is 10.9. The maximum Gasteiger partial charge on any atom is 3.00 e. The van der Waals surface area contributed by atoms with E-state index in [-0.39, 0.29) is 91.0 Å². The van der Waals surface area contributed by atoms with Crippen LogP contribution in [0.25, 0.3) is 0 Å². The van der Waals surface area contributed by atoms with Gasteiger partial charge in [0.2, 0.25) is 11.8 Å². The molecule has 1 radical (unpaired) electrons. The third kappa shape index (κ3) is 24.6. The number of carboxylic acids is 3. The topological polar surface area (TPSA) is 275 Å². The maximum absolute atomic E-state index is 13.0. The molecule has 0 rings (SSSR count). The number of carboxylic acid groups (broad SMARTS) is 3. The van der Waals surface area contributed by atoms with E-state index >= 15 is 0 Å². The number of nitrogens with two attached hydrogens (primary N) is 4. The Labute approximate surface area is 304 Å². The van der Waals surface area contributed by atoms with Gasteiger partial charge in [0, 0.05) is 72.0 Å². The summed E-state index contributed by atoms with van der Waals surface area (Å²) in [5.74, 6) is -4.83. The summed E-state index contributed by atoms with van der Waals surface area (Å²) in [4.78, 5) is 67.8. The summed E-state index contributed by atoms with van der Waals surface area (Å²) in [6.07, 6.45) is 3.92. The Bertz CT molecular complexity index is 815. The van der Waals surface area contributed by atoms with E-state index in [1.54, 1.807) is 9.80 Å². The first-order chi connectivity index (χ1) is 21.5. The fourth-order valence-corrected chi connectivity index (χ4v) is 4.57. The quantitative estimate of drug-likeness (QED) is 0.0492. The van der Waals surface area contributed by atoms with Crippen molar-refractivity contribution in [3.8, 4) is 0 Å². The number of nitrogens with zero attached hydrogens (tertiary/aromatic N) is 5. The van der Waals surface area contributed by atoms with Crippen LogP contribution in [0.15, 0.2) is 0 Å². The molecule has 17 nitrogen and oxygen atoms in total. The molecule has 0 aliphatic rings. The Kier molecular flexibility index (Phi) is 29.9. The van der Waals surface area contributed by atoms with Crippen LogP contribution in [0.1, 0.15) is 38.5 Å². The van der Waals surface area contributed by atoms with Crippen molar-refractivity contribution < 1.29 is 79.2 Å². The van der Waals surface area contributed by atoms with Crippen molar-refractivity contribution in [1.82, 2.24) is 24.5 Å². The molecule has 0 heterocycles. The molecule has 0 aromatic heterocycles. The van der Waals surface area contributed by atoms with Gasteiger partial charge < -0.3 is 62.4 Å². The average molecular weight is 802 g/mol. The third-order valence-electron chi connectivity index (χ3n) is 6.97. The fourth-order valence-electron chi connectivity index (χ4n) is 4.57. The number of unbranched alkanes of at least 4 members (excludes halogenated alkanes) is 2. The van der Waals surface area contributed by atoms with Gasteiger partial charge in [-0.15, -0.1) is 0 Å². The van der Waals surface area contributed by atoms with E-state index in [2.05, 4.69) is 0 Å². The molecule has 0 unspecified atom stereocenters. The summed E-state index contributed by atoms with van der Waals surface area (Å²) in [6.45, 7) is 1.25. The molecule has 0 bridgehead atoms. The van der Waals surface area contributed by atoms with Gasteiger partial charge in [-0.1, -0.05) is 0 Å². The Hall–Kier alpha value is -1.61. The molecule has 0 aliphatic carbocycles. The Balaban J connectivity index is 0. The van der Waals surface area contributed by atoms with E-state index in [0.29, 0.717) is 90.9 Å². The normalized spacial score (nSPS) is 11.1. The molecule has 8 N–H and O–H groups in total. The minimum Gasteiger partial charge on any atom is -0.549 e. The fraction of sp³-hybridized carbons (Fsp3) is 0.821. The molecule has 0 aromatic rings. The molecule has 0 saturated carbocycles. The van der Waals surface area contributed by atoms with Crippen molar-refractivity contribution in [2.45, 2.75) is 38.5 Å². The summed E-state index contributed by atoms with van der Waals surface area (Å²) in [5, 5.41) is 34.4. The zero-order chi connectivity index (χ0) is 34.0. The maximum atomic E-state index is 13.0. The van der Waals surface area contributed by atoms with Gasteiger partial charge in [-0.2, -0.15) is 0 Å². The first-order valence-electron chi connectivity index (χ1n) is 15.6. The first kappa shape index (κ1) is 46.5. The molecular formula is C28H54GdN9O8. The smallest absolute Gasteiger partial charge is 0.549 e. The summed E-state index contributed by atoms with van der Waals surface area (Å²) in [7, 11) is 0. The summed E-state index contributed by atoms with van der Waals surface area (Å²) in [6, 6.07) is 0. The van der Waals surface area contributed by atoms with Crippen molar-refractivity contribution in [3.63, 3.8) is 0 Å². The van der Waals surface area contributed by atoms with E-state index in [4.69, 9.17) is 22.9 Å². The minimum absolute atomic E-state index is 0. The van der Waals surface area contributed by atoms with Gasteiger partial charge in [0.05, 0.1) is 31.0 Å². The molecule has 0 spiro atoms. The van der Waals surface area contributed by atoms with E-state index in [1.165, 1.54) is 14.7 Å². The van der Waals surface area contributed by atoms with Crippen LogP contribution in [0.5, 0.6) is 0 Å². The Morgan fingerprint density at radius 1 is 0.391 bits per heavy atom. The SMILES string of the molecule is NCCCCN(CCCN)C(=O)CN(CCN(CCN(CC(=O)[O-])CC(=O)N(CCCN)CCCCN)CC(=O)[O-])CC(=O)[O-].[Gd+3]. The van der Waals surface area contributed by atoms with Gasteiger partial charge in [0.1, 0.15) is 0 Å². The molecular weight excluding hydrogens is 748 g/mol. The standard InChI is InChI=1S/C28H57N9O8.Gd/c29-7-1-3-11-36(13-5-9-31)24(38)19-34(22-27(42)43)17-15-33(21-26(40)41)16-18-35(23-28(44)45)20-25(39)37(14-6-10-32)12-4-2-8-30;/h1-23,29-32H2,(H,40,41)(H,42,43)(H,44,45);/q;+3/p-3. The first-order valence-corrected chi connectivity index (χ1v) is 15.6. The zero-order valence-corrected chi connectivity index (χ0v) is 29.2. The Morgan fingerprint density at radius 2 is 0.674 bits per heavy atom. The van der Waals surface area contributed by atoms with Crippen molar-refractivity contribution in [2.24, 2.45) is 22.9 Å². The van der Waals surface area contributed by atoms with Crippen LogP contribution in [-0.4, -0.2) is 165 Å². The molecule has 0 aliphatic heterocycles. The van der Waals surface area contributed by atoms with E-state index in [9.17, 15) is 39.3 Å². The van der Waals surface area contributed by atoms with E-state index < -0.39 is 37.5 Å². The number of hydrogen-bond acceptors (Lipinski definition) is 15. The van der Waals surface area contributed by atoms with Gasteiger partial charge in [0.25, 0.3) is 0 Å². The van der Waals surface area contributed by atoms with Crippen LogP contribution in [0, 0.1) is 39.9 Å². The number of rotatable bonds is 30. The number of hydrogen-bond donors (Lipinski definition) is 4. The second-order valence-corrected chi connectivity index (χ2v) is 10.9. The van der Waals surface area contributed by atoms with Crippen LogP contribution in [-0.2, 0) is 24.0 Å². The predicted octanol–water partition coefficient (Wildman–Crippen LogP) is -7.03. The largest absolute Gasteiger partial charge is 3.00 e. The molecule has 267 valence electrons. The number of aliphatic carboxylic acids is 3. The number of carbonyl (C=O) groups excluding carboxylic acids is 5. The van der Waals surface area contributed by atoms with Gasteiger partial charge in [-0.25, -0.2) is 0 Å². The van der Waals surface area contributed by atoms with Crippen LogP contribution in [0.3, 0.4) is 0 Å². The molecule has 46 heavy (non-hydrogen) atoms. The molecule has 0 atom stereocenters. The van der Waals surface area contributed by atoms with Gasteiger partial charge in [-0.3, -0.25) is 24.3 Å². The van der Waals surface area contributed by atoms with Crippen molar-refractivity contribution in [1.29, 1.82) is 0 Å². The monoisotopic (exact) mass is 802 g/mol. The molecule has 0 fully saturated rings. The molecule has 0 aromatic carbocycles. The Morgan fingerprint density at radius 3 is 0.978 bits per heavy atom. The molecule has 0 saturated heterocycles. The van der Waals surface area contributed by atoms with Crippen LogP contribution < -0.4 is 38.3 Å². The third-order valence-corrected chi connectivity index (χ3v) is 6.97. The summed E-state index contributed by atoms with van der Waals surface area (Å²) >= 11 is 0. The summed E-state index contributed by atoms with van der Waals surface area (Å²) < 4.78 is 0. The molecule has 18 heteroatoms. The average Bonchev–Trinajstić information content (AvgIpc) is 2.96. The molecule has 2 amide bonds. The van der Waals surface area contributed by atoms with Gasteiger partial charge in [0.15, 0.2) is 0 Å². The second kappa shape index (κ2) is 29.5. The van der Waals surface area contributed by atoms with Gasteiger partial charge >= 0.3 is 39.9 Å². The zero-order valence-electron chi connectivity index (χ0n) is 26.9. The van der Waals surface area contributed by atoms with Crippen LogP contribution in [0.4, 0.5) is 0 Å². The van der Waals surface area contributed by atoms with Crippen LogP contribution >= 0.6 is 0 Å². The van der Waals surface area contributed by atoms with Crippen molar-refractivity contribution in [2.75, 3.05) is 111 Å². The van der Waals surface area contributed by atoms with Crippen LogP contribution in [0.2, 0.25) is 0 Å². The predicted molar refractivity (Wildman–Crippen MR) is 161 cm³/mol. The van der Waals surface area contributed by atoms with Crippen molar-refractivity contribution in [3.05, 3.63) is 0 Å². The van der Waals surface area contributed by atoms with E-state index in [1.807, 2.05) is 0 Å². The number of amides is 2. The van der Waals surface area contributed by atoms with E-state index in [0.717, 1.165) is 0 Å². The minimum atomic E-state index is -1.41. The summed E-state index contributed by atoms with van der Waals surface area (Å²) in [5.41, 5.74) is 22.3. The van der Waals surface area contributed by atoms with Gasteiger partial charge in [-0.05, 0) is 64.7 Å².